The summed E-state index contributed by atoms with van der Waals surface area (Å²) >= 11 is 0. The molecule has 71 heavy (non-hydrogen) atoms. The van der Waals surface area contributed by atoms with Crippen molar-refractivity contribution in [3.05, 3.63) is 0 Å². The lowest BCUT2D eigenvalue weighted by molar-refractivity contribution is -0.155. The highest BCUT2D eigenvalue weighted by molar-refractivity contribution is 5.98. The van der Waals surface area contributed by atoms with Gasteiger partial charge in [-0.3, -0.25) is 43.2 Å². The van der Waals surface area contributed by atoms with Crippen molar-refractivity contribution in [2.45, 2.75) is 234 Å². The van der Waals surface area contributed by atoms with Gasteiger partial charge in [0.15, 0.2) is 0 Å². The Morgan fingerprint density at radius 2 is 0.873 bits per heavy atom. The number of rotatable bonds is 23. The fourth-order valence-electron chi connectivity index (χ4n) is 8.27. The summed E-state index contributed by atoms with van der Waals surface area (Å²) in [4.78, 5) is 136. The van der Waals surface area contributed by atoms with Crippen LogP contribution in [0.3, 0.4) is 0 Å². The molecular formula is C51H89N7O13. The number of esters is 1. The second-order valence-corrected chi connectivity index (χ2v) is 21.2. The van der Waals surface area contributed by atoms with Gasteiger partial charge in [0.25, 0.3) is 0 Å². The van der Waals surface area contributed by atoms with Gasteiger partial charge >= 0.3 is 17.9 Å². The van der Waals surface area contributed by atoms with E-state index < -0.39 is 133 Å². The maximum atomic E-state index is 14.2. The molecule has 20 nitrogen and oxygen atoms in total. The highest BCUT2D eigenvalue weighted by Gasteiger charge is 2.37. The second kappa shape index (κ2) is 33.4. The van der Waals surface area contributed by atoms with Crippen molar-refractivity contribution in [1.29, 1.82) is 0 Å². The average Bonchev–Trinajstić information content (AvgIpc) is 3.24. The van der Waals surface area contributed by atoms with Crippen LogP contribution in [0.4, 0.5) is 0 Å². The van der Waals surface area contributed by atoms with Crippen LogP contribution in [0.25, 0.3) is 0 Å². The molecule has 8 atom stereocenters. The van der Waals surface area contributed by atoms with E-state index in [0.29, 0.717) is 6.42 Å². The molecule has 1 aliphatic rings. The molecule has 0 aromatic heterocycles. The largest absolute Gasteiger partial charge is 0.481 e. The Morgan fingerprint density at radius 1 is 0.479 bits per heavy atom. The summed E-state index contributed by atoms with van der Waals surface area (Å²) in [6.45, 7) is 19.8. The van der Waals surface area contributed by atoms with Gasteiger partial charge in [0.05, 0.1) is 12.8 Å². The van der Waals surface area contributed by atoms with Crippen LogP contribution in [0.2, 0.25) is 0 Å². The number of amides is 7. The number of hydrogen-bond donors (Lipinski definition) is 9. The number of cyclic esters (lactones) is 1. The molecule has 1 fully saturated rings. The molecule has 406 valence electrons. The topological polar surface area (TPSA) is 305 Å². The van der Waals surface area contributed by atoms with Crippen molar-refractivity contribution in [2.24, 2.45) is 29.6 Å². The van der Waals surface area contributed by atoms with Gasteiger partial charge in [-0.1, -0.05) is 121 Å². The minimum atomic E-state index is -1.72. The van der Waals surface area contributed by atoms with Crippen LogP contribution in [0, 0.1) is 29.6 Å². The van der Waals surface area contributed by atoms with Crippen LogP contribution in [0.1, 0.15) is 185 Å². The predicted octanol–water partition coefficient (Wildman–Crippen LogP) is 4.41. The smallest absolute Gasteiger partial charge is 0.328 e. The monoisotopic (exact) mass is 1010 g/mol. The third kappa shape index (κ3) is 26.6. The number of carboxylic acids is 2. The van der Waals surface area contributed by atoms with Crippen LogP contribution in [0.15, 0.2) is 0 Å². The average molecular weight is 1010 g/mol. The maximum Gasteiger partial charge on any atom is 0.328 e. The standard InChI is InChI=1S/C51H89N7O13/c1-12-13-14-15-16-17-18-19-20-34-27-41(59)52-35(21-22-42(60)61)45(64)53-36(23-29(2)3)46(65)55-38(25-31(6)7)49(68)58-44(33(10)11)50(69)56-39(28-43(62)63)48(67)54-37(24-30(4)5)47(66)57-40(26-32(8)9)51(70)71-34/h29-40,44H,12-28H2,1-11H3,(H,52,59)(H,53,64)(H,54,67)(H,55,65)(H,56,69)(H,57,66)(H,58,68)(H,60,61)(H,62,63)/t34?,35-,36?,37+,38+,39?,40?,44-/m0/s1. The molecule has 0 saturated carbocycles. The third-order valence-electron chi connectivity index (χ3n) is 12.0. The van der Waals surface area contributed by atoms with E-state index in [1.54, 1.807) is 55.4 Å². The van der Waals surface area contributed by atoms with Gasteiger partial charge in [-0.2, -0.15) is 0 Å². The highest BCUT2D eigenvalue weighted by atomic mass is 16.5. The molecule has 1 heterocycles. The molecule has 1 rings (SSSR count). The molecule has 4 unspecified atom stereocenters. The Kier molecular flexibility index (Phi) is 29.9. The van der Waals surface area contributed by atoms with Crippen molar-refractivity contribution in [2.75, 3.05) is 0 Å². The number of carbonyl (C=O) groups excluding carboxylic acids is 8. The van der Waals surface area contributed by atoms with E-state index in [0.717, 1.165) is 44.9 Å². The van der Waals surface area contributed by atoms with Gasteiger partial charge in [-0.15, -0.1) is 0 Å². The van der Waals surface area contributed by atoms with E-state index in [-0.39, 0.29) is 62.2 Å². The Labute approximate surface area is 421 Å². The normalized spacial score (nSPS) is 24.3. The summed E-state index contributed by atoms with van der Waals surface area (Å²) in [5.41, 5.74) is 0. The summed E-state index contributed by atoms with van der Waals surface area (Å²) < 4.78 is 6.02. The Bertz CT molecular complexity index is 1750. The molecular weight excluding hydrogens is 919 g/mol. The van der Waals surface area contributed by atoms with E-state index in [1.165, 1.54) is 0 Å². The first-order valence-electron chi connectivity index (χ1n) is 26.0. The molecule has 1 aliphatic heterocycles. The summed E-state index contributed by atoms with van der Waals surface area (Å²) in [6.07, 6.45) is 4.97. The molecule has 20 heteroatoms. The van der Waals surface area contributed by atoms with Crippen molar-refractivity contribution < 1.29 is 62.9 Å². The lowest BCUT2D eigenvalue weighted by Gasteiger charge is -2.29. The zero-order chi connectivity index (χ0) is 54.0. The molecule has 0 aliphatic carbocycles. The van der Waals surface area contributed by atoms with Crippen molar-refractivity contribution >= 4 is 59.3 Å². The van der Waals surface area contributed by atoms with E-state index in [4.69, 9.17) is 4.74 Å². The van der Waals surface area contributed by atoms with Gasteiger partial charge in [0, 0.05) is 6.42 Å². The number of unbranched alkanes of at least 4 members (excludes halogenated alkanes) is 7. The van der Waals surface area contributed by atoms with Crippen LogP contribution in [-0.4, -0.2) is 118 Å². The number of carboxylic acid groups (broad SMARTS) is 2. The van der Waals surface area contributed by atoms with E-state index in [2.05, 4.69) is 44.1 Å². The zero-order valence-electron chi connectivity index (χ0n) is 44.4. The fourth-order valence-corrected chi connectivity index (χ4v) is 8.27. The van der Waals surface area contributed by atoms with Gasteiger partial charge in [-0.25, -0.2) is 4.79 Å². The summed E-state index contributed by atoms with van der Waals surface area (Å²) in [5, 5.41) is 37.8. The van der Waals surface area contributed by atoms with Crippen molar-refractivity contribution in [3.63, 3.8) is 0 Å². The number of hydrogen-bond acceptors (Lipinski definition) is 11. The Morgan fingerprint density at radius 3 is 1.31 bits per heavy atom. The second-order valence-electron chi connectivity index (χ2n) is 21.2. The minimum absolute atomic E-state index is 0.0400. The van der Waals surface area contributed by atoms with Crippen LogP contribution < -0.4 is 37.2 Å². The van der Waals surface area contributed by atoms with Crippen LogP contribution in [0.5, 0.6) is 0 Å². The lowest BCUT2D eigenvalue weighted by atomic mass is 9.98. The molecule has 9 N–H and O–H groups in total. The summed E-state index contributed by atoms with van der Waals surface area (Å²) in [6, 6.07) is -9.63. The van der Waals surface area contributed by atoms with Crippen molar-refractivity contribution in [1.82, 2.24) is 37.2 Å². The fraction of sp³-hybridized carbons (Fsp3) is 0.804. The first-order chi connectivity index (χ1) is 33.2. The van der Waals surface area contributed by atoms with E-state index in [1.807, 2.05) is 13.8 Å². The third-order valence-corrected chi connectivity index (χ3v) is 12.0. The molecule has 0 bridgehead atoms. The Hall–Kier alpha value is -5.30. The zero-order valence-corrected chi connectivity index (χ0v) is 44.4. The molecule has 0 aromatic carbocycles. The quantitative estimate of drug-likeness (QED) is 0.0507. The van der Waals surface area contributed by atoms with Gasteiger partial charge in [0.2, 0.25) is 41.4 Å². The van der Waals surface area contributed by atoms with Crippen LogP contribution >= 0.6 is 0 Å². The minimum Gasteiger partial charge on any atom is -0.481 e. The first kappa shape index (κ1) is 63.7. The van der Waals surface area contributed by atoms with E-state index >= 15 is 0 Å². The van der Waals surface area contributed by atoms with Crippen LogP contribution in [-0.2, 0) is 52.7 Å². The van der Waals surface area contributed by atoms with Gasteiger partial charge < -0.3 is 52.2 Å². The molecule has 0 radical (unpaired) electrons. The number of ether oxygens (including phenoxy) is 1. The molecule has 1 saturated heterocycles. The summed E-state index contributed by atoms with van der Waals surface area (Å²) in [7, 11) is 0. The van der Waals surface area contributed by atoms with E-state index in [9.17, 15) is 58.2 Å². The number of aliphatic carboxylic acids is 2. The SMILES string of the molecule is CCCCCCCCCCC1CC(=O)N[C@@H](CCC(=O)O)C(=O)NC(CC(C)C)C(=O)N[C@H](CC(C)C)C(=O)N[C@@H](C(C)C)C(=O)NC(CC(=O)O)C(=O)N[C@H](CC(C)C)C(=O)NC(CC(C)C)C(=O)O1. The predicted molar refractivity (Wildman–Crippen MR) is 267 cm³/mol. The van der Waals surface area contributed by atoms with Gasteiger partial charge in [-0.05, 0) is 74.5 Å². The maximum absolute atomic E-state index is 14.2. The Balaban J connectivity index is 3.99. The number of carbonyl (C=O) groups is 10. The lowest BCUT2D eigenvalue weighted by Crippen LogP contribution is -2.61. The first-order valence-corrected chi connectivity index (χ1v) is 26.0. The van der Waals surface area contributed by atoms with Gasteiger partial charge in [0.1, 0.15) is 48.4 Å². The van der Waals surface area contributed by atoms with Crippen molar-refractivity contribution in [3.8, 4) is 0 Å². The number of nitrogens with one attached hydrogen (secondary N) is 7. The molecule has 0 aromatic rings. The highest BCUT2D eigenvalue weighted by Crippen LogP contribution is 2.19. The molecule has 7 amide bonds. The molecule has 0 spiro atoms. The summed E-state index contributed by atoms with van der Waals surface area (Å²) in [5.74, 6) is -10.8.